The summed E-state index contributed by atoms with van der Waals surface area (Å²) in [4.78, 5) is 0. The van der Waals surface area contributed by atoms with Gasteiger partial charge in [-0.15, -0.1) is 0 Å². The summed E-state index contributed by atoms with van der Waals surface area (Å²) in [5.74, 6) is 0.644. The first kappa shape index (κ1) is 11.2. The molecule has 1 N–H and O–H groups in total. The quantitative estimate of drug-likeness (QED) is 0.873. The average Bonchev–Trinajstić information content (AvgIpc) is 2.63. The van der Waals surface area contributed by atoms with Gasteiger partial charge in [-0.1, -0.05) is 22.8 Å². The van der Waals surface area contributed by atoms with Crippen molar-refractivity contribution in [2.45, 2.75) is 20.5 Å². The van der Waals surface area contributed by atoms with Gasteiger partial charge in [0.15, 0.2) is 0 Å². The largest absolute Gasteiger partial charge is 0.391 e. The van der Waals surface area contributed by atoms with Crippen LogP contribution in [0.3, 0.4) is 0 Å². The van der Waals surface area contributed by atoms with E-state index in [1.54, 1.807) is 6.92 Å². The number of hydrogen-bond acceptors (Lipinski definition) is 3. The number of aliphatic hydroxyl groups is 1. The average molecular weight is 238 g/mol. The zero-order valence-electron chi connectivity index (χ0n) is 9.12. The van der Waals surface area contributed by atoms with Gasteiger partial charge in [-0.25, -0.2) is 0 Å². The van der Waals surface area contributed by atoms with Gasteiger partial charge in [-0.05, 0) is 31.5 Å². The molecule has 0 radical (unpaired) electrons. The minimum absolute atomic E-state index is 0.0770. The second-order valence-corrected chi connectivity index (χ2v) is 4.10. The zero-order chi connectivity index (χ0) is 11.7. The molecular formula is C12H12ClNO2. The van der Waals surface area contributed by atoms with Crippen LogP contribution in [0.2, 0.25) is 5.02 Å². The normalized spacial score (nSPS) is 10.8. The van der Waals surface area contributed by atoms with E-state index in [2.05, 4.69) is 5.16 Å². The molecule has 2 aromatic rings. The van der Waals surface area contributed by atoms with Gasteiger partial charge in [0.25, 0.3) is 0 Å². The van der Waals surface area contributed by atoms with Crippen molar-refractivity contribution in [3.63, 3.8) is 0 Å². The molecule has 0 fully saturated rings. The predicted molar refractivity (Wildman–Crippen MR) is 62.3 cm³/mol. The molecule has 84 valence electrons. The Morgan fingerprint density at radius 2 is 2.12 bits per heavy atom. The Kier molecular flexibility index (Phi) is 2.99. The Morgan fingerprint density at radius 1 is 1.38 bits per heavy atom. The standard InChI is InChI=1S/C12H12ClNO2/c1-7-5-9(3-4-11(7)13)12-10(6-15)8(2)16-14-12/h3-5,15H,6H2,1-2H3. The van der Waals surface area contributed by atoms with E-state index in [0.717, 1.165) is 21.7 Å². The number of halogens is 1. The van der Waals surface area contributed by atoms with Gasteiger partial charge in [-0.2, -0.15) is 0 Å². The van der Waals surface area contributed by atoms with Crippen molar-refractivity contribution in [1.82, 2.24) is 5.16 Å². The van der Waals surface area contributed by atoms with Crippen LogP contribution in [0.5, 0.6) is 0 Å². The van der Waals surface area contributed by atoms with Gasteiger partial charge < -0.3 is 9.63 Å². The molecule has 0 aliphatic rings. The van der Waals surface area contributed by atoms with Crippen LogP contribution < -0.4 is 0 Å². The molecule has 1 aromatic heterocycles. The van der Waals surface area contributed by atoms with Crippen LogP contribution in [0.15, 0.2) is 22.7 Å². The van der Waals surface area contributed by atoms with Gasteiger partial charge in [0.05, 0.1) is 6.61 Å². The molecule has 1 aromatic carbocycles. The molecule has 0 unspecified atom stereocenters. The highest BCUT2D eigenvalue weighted by molar-refractivity contribution is 6.31. The fourth-order valence-corrected chi connectivity index (χ4v) is 1.71. The molecule has 2 rings (SSSR count). The topological polar surface area (TPSA) is 46.3 Å². The molecule has 0 saturated carbocycles. The van der Waals surface area contributed by atoms with Gasteiger partial charge in [-0.3, -0.25) is 0 Å². The third kappa shape index (κ3) is 1.84. The maximum Gasteiger partial charge on any atom is 0.139 e. The zero-order valence-corrected chi connectivity index (χ0v) is 9.88. The number of rotatable bonds is 2. The van der Waals surface area contributed by atoms with Crippen molar-refractivity contribution in [1.29, 1.82) is 0 Å². The minimum Gasteiger partial charge on any atom is -0.391 e. The van der Waals surface area contributed by atoms with E-state index in [9.17, 15) is 5.11 Å². The summed E-state index contributed by atoms with van der Waals surface area (Å²) in [7, 11) is 0. The van der Waals surface area contributed by atoms with Gasteiger partial charge in [0.2, 0.25) is 0 Å². The Hall–Kier alpha value is -1.32. The fraction of sp³-hybridized carbons (Fsp3) is 0.250. The number of aliphatic hydroxyl groups excluding tert-OH is 1. The second-order valence-electron chi connectivity index (χ2n) is 3.69. The van der Waals surface area contributed by atoms with Crippen LogP contribution in [0, 0.1) is 13.8 Å². The highest BCUT2D eigenvalue weighted by Gasteiger charge is 2.14. The molecule has 0 aliphatic heterocycles. The molecule has 0 bridgehead atoms. The van der Waals surface area contributed by atoms with Crippen molar-refractivity contribution in [2.75, 3.05) is 0 Å². The lowest BCUT2D eigenvalue weighted by Gasteiger charge is -2.02. The minimum atomic E-state index is -0.0770. The molecule has 0 atom stereocenters. The summed E-state index contributed by atoms with van der Waals surface area (Å²) < 4.78 is 5.07. The molecule has 0 spiro atoms. The second kappa shape index (κ2) is 4.28. The van der Waals surface area contributed by atoms with Crippen LogP contribution in [0.1, 0.15) is 16.9 Å². The number of aromatic nitrogens is 1. The number of benzene rings is 1. The number of hydrogen-bond donors (Lipinski definition) is 1. The Bertz CT molecular complexity index is 520. The number of nitrogens with zero attached hydrogens (tertiary/aromatic N) is 1. The molecule has 16 heavy (non-hydrogen) atoms. The van der Waals surface area contributed by atoms with Crippen LogP contribution in [-0.2, 0) is 6.61 Å². The molecule has 0 saturated heterocycles. The molecule has 4 heteroatoms. The van der Waals surface area contributed by atoms with Crippen molar-refractivity contribution >= 4 is 11.6 Å². The van der Waals surface area contributed by atoms with Crippen molar-refractivity contribution in [2.24, 2.45) is 0 Å². The SMILES string of the molecule is Cc1cc(-c2noc(C)c2CO)ccc1Cl. The fourth-order valence-electron chi connectivity index (χ4n) is 1.60. The maximum absolute atomic E-state index is 9.25. The molecule has 3 nitrogen and oxygen atoms in total. The smallest absolute Gasteiger partial charge is 0.139 e. The lowest BCUT2D eigenvalue weighted by Crippen LogP contribution is -1.89. The van der Waals surface area contributed by atoms with E-state index in [0.29, 0.717) is 11.5 Å². The van der Waals surface area contributed by atoms with Crippen molar-refractivity contribution in [3.05, 3.63) is 40.1 Å². The summed E-state index contributed by atoms with van der Waals surface area (Å²) in [6, 6.07) is 5.61. The van der Waals surface area contributed by atoms with Crippen LogP contribution in [0.4, 0.5) is 0 Å². The van der Waals surface area contributed by atoms with E-state index < -0.39 is 0 Å². The summed E-state index contributed by atoms with van der Waals surface area (Å²) in [5.41, 5.74) is 3.29. The first-order chi connectivity index (χ1) is 7.63. The first-order valence-electron chi connectivity index (χ1n) is 4.96. The predicted octanol–water partition coefficient (Wildman–Crippen LogP) is 3.10. The van der Waals surface area contributed by atoms with E-state index in [4.69, 9.17) is 16.1 Å². The van der Waals surface area contributed by atoms with Gasteiger partial charge in [0, 0.05) is 16.1 Å². The van der Waals surface area contributed by atoms with Crippen LogP contribution in [0.25, 0.3) is 11.3 Å². The maximum atomic E-state index is 9.25. The monoisotopic (exact) mass is 237 g/mol. The summed E-state index contributed by atoms with van der Waals surface area (Å²) in [5, 5.41) is 13.9. The van der Waals surface area contributed by atoms with E-state index in [1.165, 1.54) is 0 Å². The molecular weight excluding hydrogens is 226 g/mol. The Morgan fingerprint density at radius 3 is 2.75 bits per heavy atom. The Balaban J connectivity index is 2.54. The summed E-state index contributed by atoms with van der Waals surface area (Å²) >= 11 is 5.95. The van der Waals surface area contributed by atoms with Crippen LogP contribution in [-0.4, -0.2) is 10.3 Å². The molecule has 0 aliphatic carbocycles. The third-order valence-electron chi connectivity index (χ3n) is 2.57. The summed E-state index contributed by atoms with van der Waals surface area (Å²) in [6.45, 7) is 3.63. The lowest BCUT2D eigenvalue weighted by atomic mass is 10.0. The van der Waals surface area contributed by atoms with E-state index >= 15 is 0 Å². The van der Waals surface area contributed by atoms with E-state index in [1.807, 2.05) is 25.1 Å². The van der Waals surface area contributed by atoms with Crippen molar-refractivity contribution in [3.8, 4) is 11.3 Å². The third-order valence-corrected chi connectivity index (χ3v) is 3.00. The van der Waals surface area contributed by atoms with E-state index in [-0.39, 0.29) is 6.61 Å². The summed E-state index contributed by atoms with van der Waals surface area (Å²) in [6.07, 6.45) is 0. The van der Waals surface area contributed by atoms with Gasteiger partial charge in [0.1, 0.15) is 11.5 Å². The molecule has 0 amide bonds. The van der Waals surface area contributed by atoms with Crippen molar-refractivity contribution < 1.29 is 9.63 Å². The highest BCUT2D eigenvalue weighted by Crippen LogP contribution is 2.28. The first-order valence-corrected chi connectivity index (χ1v) is 5.34. The van der Waals surface area contributed by atoms with Gasteiger partial charge >= 0.3 is 0 Å². The molecule has 1 heterocycles. The highest BCUT2D eigenvalue weighted by atomic mass is 35.5. The lowest BCUT2D eigenvalue weighted by molar-refractivity contribution is 0.278. The Labute approximate surface area is 98.6 Å². The van der Waals surface area contributed by atoms with Crippen LogP contribution >= 0.6 is 11.6 Å². The number of aryl methyl sites for hydroxylation is 2.